The van der Waals surface area contributed by atoms with Gasteiger partial charge in [-0.25, -0.2) is 12.8 Å². The number of hydrogen-bond donors (Lipinski definition) is 0. The van der Waals surface area contributed by atoms with Crippen LogP contribution in [0.15, 0.2) is 40.6 Å². The Morgan fingerprint density at radius 2 is 1.65 bits per heavy atom. The molecule has 2 aromatic rings. The summed E-state index contributed by atoms with van der Waals surface area (Å²) in [6.45, 7) is 1.58. The number of sulfonamides is 1. The summed E-state index contributed by atoms with van der Waals surface area (Å²) in [4.78, 5) is 28.3. The molecule has 0 atom stereocenters. The third kappa shape index (κ3) is 4.62. The third-order valence-corrected chi connectivity index (χ3v) is 9.23. The molecule has 2 amide bonds. The molecule has 2 aliphatic heterocycles. The Bertz CT molecular complexity index is 1080. The lowest BCUT2D eigenvalue weighted by atomic mass is 10.0. The van der Waals surface area contributed by atoms with Gasteiger partial charge in [-0.3, -0.25) is 9.59 Å². The number of nitrogens with zero attached hydrogens (tertiary/aromatic N) is 3. The Balaban J connectivity index is 1.36. The molecule has 2 aliphatic rings. The summed E-state index contributed by atoms with van der Waals surface area (Å²) in [6.07, 6.45) is 0.935. The first-order valence-corrected chi connectivity index (χ1v) is 12.5. The topological polar surface area (TPSA) is 78.0 Å². The van der Waals surface area contributed by atoms with Gasteiger partial charge in [0.1, 0.15) is 10.0 Å². The molecule has 2 saturated heterocycles. The van der Waals surface area contributed by atoms with E-state index in [-0.39, 0.29) is 35.7 Å². The van der Waals surface area contributed by atoms with Crippen LogP contribution in [0.25, 0.3) is 0 Å². The lowest BCUT2D eigenvalue weighted by Crippen LogP contribution is -2.58. The van der Waals surface area contributed by atoms with Crippen molar-refractivity contribution in [2.75, 3.05) is 26.2 Å². The summed E-state index contributed by atoms with van der Waals surface area (Å²) in [6, 6.07) is 8.71. The molecule has 11 heteroatoms. The van der Waals surface area contributed by atoms with Crippen molar-refractivity contribution in [1.29, 1.82) is 0 Å². The molecule has 7 nitrogen and oxygen atoms in total. The molecule has 166 valence electrons. The molecular formula is C20H21ClFN3O4S2. The monoisotopic (exact) mass is 485 g/mol. The van der Waals surface area contributed by atoms with Crippen LogP contribution in [0.4, 0.5) is 4.39 Å². The maximum atomic E-state index is 13.1. The number of amides is 2. The Labute approximate surface area is 189 Å². The normalized spacial score (nSPS) is 19.3. The van der Waals surface area contributed by atoms with Gasteiger partial charge in [0, 0.05) is 38.8 Å². The molecule has 0 N–H and O–H groups in total. The molecule has 0 aliphatic carbocycles. The fourth-order valence-electron chi connectivity index (χ4n) is 3.96. The number of piperazine rings is 1. The Hall–Kier alpha value is -2.01. The Morgan fingerprint density at radius 1 is 0.968 bits per heavy atom. The molecule has 4 rings (SSSR count). The van der Waals surface area contributed by atoms with Gasteiger partial charge in [0.15, 0.2) is 0 Å². The van der Waals surface area contributed by atoms with Crippen LogP contribution >= 0.6 is 22.9 Å². The lowest BCUT2D eigenvalue weighted by molar-refractivity contribution is -0.158. The predicted octanol–water partition coefficient (Wildman–Crippen LogP) is 2.56. The molecule has 0 saturated carbocycles. The highest BCUT2D eigenvalue weighted by molar-refractivity contribution is 7.91. The van der Waals surface area contributed by atoms with Crippen LogP contribution in [0.3, 0.4) is 0 Å². The first kappa shape index (κ1) is 22.2. The number of halogens is 2. The van der Waals surface area contributed by atoms with Gasteiger partial charge >= 0.3 is 11.8 Å². The van der Waals surface area contributed by atoms with Crippen LogP contribution in [-0.2, 0) is 26.2 Å². The highest BCUT2D eigenvalue weighted by Gasteiger charge is 2.39. The number of hydrogen-bond acceptors (Lipinski definition) is 5. The van der Waals surface area contributed by atoms with Crippen molar-refractivity contribution in [3.05, 3.63) is 52.1 Å². The number of carbonyl (C=O) groups excluding carboxylic acids is 2. The smallest absolute Gasteiger partial charge is 0.312 e. The minimum atomic E-state index is -3.60. The van der Waals surface area contributed by atoms with Crippen molar-refractivity contribution in [2.24, 2.45) is 0 Å². The Morgan fingerprint density at radius 3 is 2.26 bits per heavy atom. The fourth-order valence-corrected chi connectivity index (χ4v) is 7.06. The van der Waals surface area contributed by atoms with Crippen LogP contribution in [0.2, 0.25) is 4.34 Å². The summed E-state index contributed by atoms with van der Waals surface area (Å²) in [5.41, 5.74) is 0.753. The highest BCUT2D eigenvalue weighted by atomic mass is 35.5. The van der Waals surface area contributed by atoms with Gasteiger partial charge in [-0.2, -0.15) is 4.31 Å². The average Bonchev–Trinajstić information content (AvgIpc) is 3.20. The van der Waals surface area contributed by atoms with Crippen LogP contribution in [0.5, 0.6) is 0 Å². The van der Waals surface area contributed by atoms with Crippen molar-refractivity contribution in [2.45, 2.75) is 29.6 Å². The molecule has 0 spiro atoms. The zero-order valence-corrected chi connectivity index (χ0v) is 18.9. The molecular weight excluding hydrogens is 465 g/mol. The molecule has 1 aromatic carbocycles. The maximum Gasteiger partial charge on any atom is 0.312 e. The second kappa shape index (κ2) is 8.85. The second-order valence-corrected chi connectivity index (χ2v) is 11.4. The van der Waals surface area contributed by atoms with Crippen LogP contribution in [0.1, 0.15) is 18.4 Å². The van der Waals surface area contributed by atoms with E-state index >= 15 is 0 Å². The minimum absolute atomic E-state index is 0.178. The molecule has 3 heterocycles. The lowest BCUT2D eigenvalue weighted by Gasteiger charge is -2.41. The first-order chi connectivity index (χ1) is 14.8. The molecule has 0 bridgehead atoms. The minimum Gasteiger partial charge on any atom is -0.330 e. The summed E-state index contributed by atoms with van der Waals surface area (Å²) in [5.74, 6) is -1.51. The zero-order chi connectivity index (χ0) is 22.2. The zero-order valence-electron chi connectivity index (χ0n) is 16.5. The maximum absolute atomic E-state index is 13.1. The first-order valence-electron chi connectivity index (χ1n) is 9.85. The van der Waals surface area contributed by atoms with E-state index in [1.54, 1.807) is 23.1 Å². The summed E-state index contributed by atoms with van der Waals surface area (Å²) in [7, 11) is -3.60. The summed E-state index contributed by atoms with van der Waals surface area (Å²) < 4.78 is 40.6. The largest absolute Gasteiger partial charge is 0.330 e. The Kier molecular flexibility index (Phi) is 6.34. The molecule has 0 radical (unpaired) electrons. The van der Waals surface area contributed by atoms with Crippen molar-refractivity contribution in [3.8, 4) is 0 Å². The van der Waals surface area contributed by atoms with Gasteiger partial charge < -0.3 is 9.80 Å². The van der Waals surface area contributed by atoms with E-state index in [0.29, 0.717) is 30.3 Å². The fraction of sp³-hybridized carbons (Fsp3) is 0.400. The van der Waals surface area contributed by atoms with Gasteiger partial charge in [0.25, 0.3) is 10.0 Å². The number of benzene rings is 1. The molecule has 31 heavy (non-hydrogen) atoms. The van der Waals surface area contributed by atoms with Crippen molar-refractivity contribution in [3.63, 3.8) is 0 Å². The van der Waals surface area contributed by atoms with Gasteiger partial charge in [0.2, 0.25) is 0 Å². The van der Waals surface area contributed by atoms with Gasteiger partial charge in [-0.1, -0.05) is 23.7 Å². The van der Waals surface area contributed by atoms with Gasteiger partial charge in [-0.15, -0.1) is 11.3 Å². The van der Waals surface area contributed by atoms with E-state index in [1.807, 2.05) is 0 Å². The van der Waals surface area contributed by atoms with E-state index in [9.17, 15) is 22.4 Å². The summed E-state index contributed by atoms with van der Waals surface area (Å²) in [5, 5.41) is 0. The van der Waals surface area contributed by atoms with Crippen molar-refractivity contribution >= 4 is 44.8 Å². The van der Waals surface area contributed by atoms with Crippen molar-refractivity contribution < 1.29 is 22.4 Å². The highest BCUT2D eigenvalue weighted by Crippen LogP contribution is 2.30. The van der Waals surface area contributed by atoms with E-state index in [1.165, 1.54) is 27.4 Å². The third-order valence-electron chi connectivity index (χ3n) is 5.64. The van der Waals surface area contributed by atoms with Crippen LogP contribution in [-0.4, -0.2) is 66.6 Å². The van der Waals surface area contributed by atoms with E-state index in [0.717, 1.165) is 16.9 Å². The average molecular weight is 486 g/mol. The van der Waals surface area contributed by atoms with E-state index in [2.05, 4.69) is 0 Å². The molecule has 2 fully saturated rings. The van der Waals surface area contributed by atoms with Gasteiger partial charge in [-0.05, 0) is 42.7 Å². The van der Waals surface area contributed by atoms with E-state index < -0.39 is 21.8 Å². The van der Waals surface area contributed by atoms with Crippen LogP contribution < -0.4 is 0 Å². The number of thiophene rings is 1. The van der Waals surface area contributed by atoms with Gasteiger partial charge in [0.05, 0.1) is 4.34 Å². The molecule has 0 unspecified atom stereocenters. The SMILES string of the molecule is O=C1C(=O)N(C2CCN(S(=O)(=O)c3ccc(Cl)s3)CC2)CCN1Cc1ccc(F)cc1. The van der Waals surface area contributed by atoms with E-state index in [4.69, 9.17) is 11.6 Å². The number of piperidine rings is 1. The van der Waals surface area contributed by atoms with Crippen molar-refractivity contribution in [1.82, 2.24) is 14.1 Å². The number of rotatable bonds is 5. The molecule has 1 aromatic heterocycles. The second-order valence-electron chi connectivity index (χ2n) is 7.55. The summed E-state index contributed by atoms with van der Waals surface area (Å²) >= 11 is 6.89. The standard InChI is InChI=1S/C20H21ClFN3O4S2/c21-17-5-6-18(30-17)31(28,29)24-9-7-16(8-10-24)25-12-11-23(19(26)20(25)27)13-14-1-3-15(22)4-2-14/h1-6,16H,7-13H2. The quantitative estimate of drug-likeness (QED) is 0.610. The predicted molar refractivity (Wildman–Crippen MR) is 115 cm³/mol. The van der Waals surface area contributed by atoms with Crippen LogP contribution in [0, 0.1) is 5.82 Å². The number of carbonyl (C=O) groups is 2.